The second-order valence-corrected chi connectivity index (χ2v) is 6.14. The van der Waals surface area contributed by atoms with Gasteiger partial charge in [0.2, 0.25) is 5.91 Å². The van der Waals surface area contributed by atoms with E-state index in [4.69, 9.17) is 0 Å². The minimum absolute atomic E-state index is 0.0797. The molecule has 1 aliphatic heterocycles. The van der Waals surface area contributed by atoms with E-state index in [1.54, 1.807) is 0 Å². The van der Waals surface area contributed by atoms with Crippen LogP contribution in [0.1, 0.15) is 16.7 Å². The maximum atomic E-state index is 11.7. The molecule has 3 heteroatoms. The predicted molar refractivity (Wildman–Crippen MR) is 95.2 cm³/mol. The van der Waals surface area contributed by atoms with Gasteiger partial charge in [-0.3, -0.25) is 4.79 Å². The fourth-order valence-electron chi connectivity index (χ4n) is 3.29. The summed E-state index contributed by atoms with van der Waals surface area (Å²) in [6.07, 6.45) is 2.18. The molecule has 1 atom stereocenters. The van der Waals surface area contributed by atoms with E-state index in [0.717, 1.165) is 13.0 Å². The molecular formula is C20H22N2O. The number of amides is 1. The highest BCUT2D eigenvalue weighted by Gasteiger charge is 2.26. The Morgan fingerprint density at radius 2 is 2.00 bits per heavy atom. The van der Waals surface area contributed by atoms with Gasteiger partial charge in [0.05, 0.1) is 6.04 Å². The standard InChI is InChI=1S/C20H22N2O/c1-4-20(23)21-17-12-16-7-5-6-8-19(16)22(13-17)18-10-9-14(2)11-15(18)3/h4-11,17H,1,12-13H2,2-3H3,(H,21,23). The fourth-order valence-corrected chi connectivity index (χ4v) is 3.29. The molecule has 0 fully saturated rings. The molecule has 0 aromatic heterocycles. The number of carbonyl (C=O) groups is 1. The number of hydrogen-bond acceptors (Lipinski definition) is 2. The highest BCUT2D eigenvalue weighted by molar-refractivity contribution is 5.87. The van der Waals surface area contributed by atoms with Gasteiger partial charge in [0, 0.05) is 17.9 Å². The summed E-state index contributed by atoms with van der Waals surface area (Å²) in [5.41, 5.74) is 6.18. The predicted octanol–water partition coefficient (Wildman–Crippen LogP) is 3.67. The van der Waals surface area contributed by atoms with Crippen LogP contribution in [-0.2, 0) is 11.2 Å². The molecule has 23 heavy (non-hydrogen) atoms. The van der Waals surface area contributed by atoms with E-state index >= 15 is 0 Å². The average molecular weight is 306 g/mol. The molecule has 0 aliphatic carbocycles. The first kappa shape index (κ1) is 15.3. The van der Waals surface area contributed by atoms with Crippen molar-refractivity contribution in [2.24, 2.45) is 0 Å². The Morgan fingerprint density at radius 3 is 2.74 bits per heavy atom. The van der Waals surface area contributed by atoms with Gasteiger partial charge in [-0.05, 0) is 49.6 Å². The van der Waals surface area contributed by atoms with Crippen LogP contribution in [0.15, 0.2) is 55.1 Å². The van der Waals surface area contributed by atoms with Gasteiger partial charge >= 0.3 is 0 Å². The van der Waals surface area contributed by atoms with Gasteiger partial charge in [0.25, 0.3) is 0 Å². The van der Waals surface area contributed by atoms with Crippen LogP contribution in [0.25, 0.3) is 0 Å². The lowest BCUT2D eigenvalue weighted by atomic mass is 9.96. The van der Waals surface area contributed by atoms with Crippen LogP contribution < -0.4 is 10.2 Å². The minimum Gasteiger partial charge on any atom is -0.348 e. The lowest BCUT2D eigenvalue weighted by Crippen LogP contribution is -2.46. The van der Waals surface area contributed by atoms with Crippen LogP contribution >= 0.6 is 0 Å². The van der Waals surface area contributed by atoms with Crippen LogP contribution in [0.4, 0.5) is 11.4 Å². The quantitative estimate of drug-likeness (QED) is 0.878. The number of carbonyl (C=O) groups excluding carboxylic acids is 1. The minimum atomic E-state index is -0.116. The molecule has 3 rings (SSSR count). The van der Waals surface area contributed by atoms with Gasteiger partial charge in [-0.15, -0.1) is 0 Å². The van der Waals surface area contributed by atoms with E-state index in [2.05, 4.69) is 73.1 Å². The number of fused-ring (bicyclic) bond motifs is 1. The summed E-state index contributed by atoms with van der Waals surface area (Å²) in [5, 5.41) is 3.04. The van der Waals surface area contributed by atoms with Crippen LogP contribution in [-0.4, -0.2) is 18.5 Å². The third-order valence-electron chi connectivity index (χ3n) is 4.33. The highest BCUT2D eigenvalue weighted by Crippen LogP contribution is 2.35. The zero-order chi connectivity index (χ0) is 16.4. The summed E-state index contributed by atoms with van der Waals surface area (Å²) in [6, 6.07) is 15.0. The SMILES string of the molecule is C=CC(=O)NC1Cc2ccccc2N(c2ccc(C)cc2C)C1. The van der Waals surface area contributed by atoms with E-state index in [1.165, 1.54) is 34.1 Å². The summed E-state index contributed by atoms with van der Waals surface area (Å²) in [7, 11) is 0. The normalized spacial score (nSPS) is 16.6. The monoisotopic (exact) mass is 306 g/mol. The maximum Gasteiger partial charge on any atom is 0.243 e. The van der Waals surface area contributed by atoms with Crippen LogP contribution in [0.5, 0.6) is 0 Å². The molecule has 1 amide bonds. The molecule has 1 unspecified atom stereocenters. The van der Waals surface area contributed by atoms with Crippen molar-refractivity contribution in [1.82, 2.24) is 5.32 Å². The molecule has 3 nitrogen and oxygen atoms in total. The smallest absolute Gasteiger partial charge is 0.243 e. The molecule has 118 valence electrons. The second kappa shape index (κ2) is 6.29. The molecule has 0 radical (unpaired) electrons. The fraction of sp³-hybridized carbons (Fsp3) is 0.250. The number of aryl methyl sites for hydroxylation is 2. The van der Waals surface area contributed by atoms with E-state index in [0.29, 0.717) is 0 Å². The number of nitrogens with one attached hydrogen (secondary N) is 1. The Morgan fingerprint density at radius 1 is 1.22 bits per heavy atom. The Balaban J connectivity index is 2.00. The topological polar surface area (TPSA) is 32.3 Å². The molecule has 0 saturated carbocycles. The third kappa shape index (κ3) is 3.14. The van der Waals surface area contributed by atoms with Gasteiger partial charge in [-0.2, -0.15) is 0 Å². The third-order valence-corrected chi connectivity index (χ3v) is 4.33. The largest absolute Gasteiger partial charge is 0.348 e. The Labute approximate surface area is 137 Å². The van der Waals surface area contributed by atoms with E-state index < -0.39 is 0 Å². The number of rotatable bonds is 3. The van der Waals surface area contributed by atoms with Crippen molar-refractivity contribution in [3.8, 4) is 0 Å². The number of benzene rings is 2. The van der Waals surface area contributed by atoms with Crippen molar-refractivity contribution >= 4 is 17.3 Å². The second-order valence-electron chi connectivity index (χ2n) is 6.14. The van der Waals surface area contributed by atoms with E-state index in [1.807, 2.05) is 0 Å². The number of para-hydroxylation sites is 1. The molecule has 0 bridgehead atoms. The van der Waals surface area contributed by atoms with Crippen molar-refractivity contribution in [3.63, 3.8) is 0 Å². The number of hydrogen-bond donors (Lipinski definition) is 1. The van der Waals surface area contributed by atoms with E-state index in [-0.39, 0.29) is 11.9 Å². The Kier molecular flexibility index (Phi) is 4.20. The summed E-state index contributed by atoms with van der Waals surface area (Å²) in [6.45, 7) is 8.55. The lowest BCUT2D eigenvalue weighted by molar-refractivity contribution is -0.117. The first-order valence-electron chi connectivity index (χ1n) is 7.94. The van der Waals surface area contributed by atoms with Crippen molar-refractivity contribution < 1.29 is 4.79 Å². The van der Waals surface area contributed by atoms with Crippen LogP contribution in [0, 0.1) is 13.8 Å². The van der Waals surface area contributed by atoms with Gasteiger partial charge in [-0.1, -0.05) is 42.5 Å². The molecule has 1 heterocycles. The van der Waals surface area contributed by atoms with Gasteiger partial charge < -0.3 is 10.2 Å². The summed E-state index contributed by atoms with van der Waals surface area (Å²) in [4.78, 5) is 14.0. The molecule has 0 saturated heterocycles. The van der Waals surface area contributed by atoms with Gasteiger partial charge in [0.15, 0.2) is 0 Å². The maximum absolute atomic E-state index is 11.7. The lowest BCUT2D eigenvalue weighted by Gasteiger charge is -2.37. The van der Waals surface area contributed by atoms with Crippen LogP contribution in [0.2, 0.25) is 0 Å². The van der Waals surface area contributed by atoms with Gasteiger partial charge in [-0.25, -0.2) is 0 Å². The zero-order valence-corrected chi connectivity index (χ0v) is 13.7. The summed E-state index contributed by atoms with van der Waals surface area (Å²) < 4.78 is 0. The zero-order valence-electron chi connectivity index (χ0n) is 13.7. The number of nitrogens with zero attached hydrogens (tertiary/aromatic N) is 1. The molecule has 1 aliphatic rings. The Hall–Kier alpha value is -2.55. The van der Waals surface area contributed by atoms with Crippen molar-refractivity contribution in [1.29, 1.82) is 0 Å². The first-order valence-corrected chi connectivity index (χ1v) is 7.94. The summed E-state index contributed by atoms with van der Waals surface area (Å²) >= 11 is 0. The van der Waals surface area contributed by atoms with Gasteiger partial charge in [0.1, 0.15) is 0 Å². The molecule has 0 spiro atoms. The first-order chi connectivity index (χ1) is 11.1. The van der Waals surface area contributed by atoms with Crippen molar-refractivity contribution in [2.75, 3.05) is 11.4 Å². The van der Waals surface area contributed by atoms with E-state index in [9.17, 15) is 4.79 Å². The highest BCUT2D eigenvalue weighted by atomic mass is 16.1. The molecule has 1 N–H and O–H groups in total. The number of anilines is 2. The van der Waals surface area contributed by atoms with Crippen molar-refractivity contribution in [3.05, 3.63) is 71.8 Å². The Bertz CT molecular complexity index is 751. The van der Waals surface area contributed by atoms with Crippen molar-refractivity contribution in [2.45, 2.75) is 26.3 Å². The average Bonchev–Trinajstić information content (AvgIpc) is 2.54. The molecule has 2 aromatic carbocycles. The van der Waals surface area contributed by atoms with Crippen LogP contribution in [0.3, 0.4) is 0 Å². The molecular weight excluding hydrogens is 284 g/mol. The summed E-state index contributed by atoms with van der Waals surface area (Å²) in [5.74, 6) is -0.116. The molecule has 2 aromatic rings.